The molecular weight excluding hydrogens is 443 g/mol. The average Bonchev–Trinajstić information content (AvgIpc) is 3.28. The van der Waals surface area contributed by atoms with E-state index in [-0.39, 0.29) is 30.4 Å². The third kappa shape index (κ3) is 5.98. The van der Waals surface area contributed by atoms with Gasteiger partial charge >= 0.3 is 12.1 Å². The van der Waals surface area contributed by atoms with Crippen molar-refractivity contribution < 1.29 is 41.4 Å². The van der Waals surface area contributed by atoms with E-state index in [1.165, 1.54) is 6.07 Å². The lowest BCUT2D eigenvalue weighted by atomic mass is 9.92. The van der Waals surface area contributed by atoms with Crippen LogP contribution in [0.4, 0.5) is 13.2 Å². The van der Waals surface area contributed by atoms with Gasteiger partial charge < -0.3 is 18.6 Å². The normalized spacial score (nSPS) is 12.3. The van der Waals surface area contributed by atoms with Crippen molar-refractivity contribution in [3.05, 3.63) is 83.1 Å². The molecular formula is C23H20F3NO6. The Bertz CT molecular complexity index is 1110. The minimum Gasteiger partial charge on any atom is -0.497 e. The van der Waals surface area contributed by atoms with Gasteiger partial charge in [0.1, 0.15) is 30.2 Å². The summed E-state index contributed by atoms with van der Waals surface area (Å²) in [5.41, 5.74) is -0.517. The first-order valence-electron chi connectivity index (χ1n) is 9.67. The summed E-state index contributed by atoms with van der Waals surface area (Å²) in [4.78, 5) is 29.2. The molecule has 7 nitrogen and oxygen atoms in total. The van der Waals surface area contributed by atoms with Crippen LogP contribution in [0.25, 0.3) is 0 Å². The van der Waals surface area contributed by atoms with Crippen LogP contribution >= 0.6 is 0 Å². The number of methoxy groups -OCH3 is 2. The SMILES string of the molecule is COC(=O)C(C(=O)c1coc(COCc2ccc(OC)cc2)n1)c1cccc(C(F)(F)F)c1. The van der Waals surface area contributed by atoms with Crippen LogP contribution < -0.4 is 4.74 Å². The summed E-state index contributed by atoms with van der Waals surface area (Å²) >= 11 is 0. The van der Waals surface area contributed by atoms with Crippen LogP contribution in [-0.4, -0.2) is 31.0 Å². The molecule has 0 radical (unpaired) electrons. The van der Waals surface area contributed by atoms with Gasteiger partial charge in [-0.25, -0.2) is 4.98 Å². The van der Waals surface area contributed by atoms with E-state index in [0.717, 1.165) is 37.1 Å². The molecule has 0 saturated heterocycles. The highest BCUT2D eigenvalue weighted by Crippen LogP contribution is 2.32. The number of oxazole rings is 1. The number of hydrogen-bond acceptors (Lipinski definition) is 7. The number of ketones is 1. The van der Waals surface area contributed by atoms with Crippen molar-refractivity contribution in [2.45, 2.75) is 25.3 Å². The van der Waals surface area contributed by atoms with Crippen LogP contribution in [0.5, 0.6) is 5.75 Å². The maximum absolute atomic E-state index is 13.1. The van der Waals surface area contributed by atoms with Gasteiger partial charge in [0.2, 0.25) is 11.7 Å². The Hall–Kier alpha value is -3.66. The second kappa shape index (κ2) is 10.3. The zero-order chi connectivity index (χ0) is 24.0. The third-order valence-corrected chi connectivity index (χ3v) is 4.70. The summed E-state index contributed by atoms with van der Waals surface area (Å²) in [6.45, 7) is 0.177. The number of alkyl halides is 3. The van der Waals surface area contributed by atoms with Crippen LogP contribution in [0.15, 0.2) is 59.2 Å². The van der Waals surface area contributed by atoms with Gasteiger partial charge in [-0.1, -0.05) is 30.3 Å². The highest BCUT2D eigenvalue weighted by atomic mass is 19.4. The minimum absolute atomic E-state index is 0.0637. The predicted octanol–water partition coefficient (Wildman–Crippen LogP) is 4.56. The highest BCUT2D eigenvalue weighted by Gasteiger charge is 2.36. The number of ether oxygens (including phenoxy) is 3. The summed E-state index contributed by atoms with van der Waals surface area (Å²) in [6.07, 6.45) is -3.61. The van der Waals surface area contributed by atoms with E-state index in [4.69, 9.17) is 13.9 Å². The number of carbonyl (C=O) groups excluding carboxylic acids is 2. The molecule has 0 aliphatic heterocycles. The largest absolute Gasteiger partial charge is 0.497 e. The Labute approximate surface area is 187 Å². The Morgan fingerprint density at radius 2 is 1.79 bits per heavy atom. The standard InChI is InChI=1S/C23H20F3NO6/c1-30-17-8-6-14(7-9-17)11-32-13-19-27-18(12-33-19)21(28)20(22(29)31-2)15-4-3-5-16(10-15)23(24,25)26/h3-10,12,20H,11,13H2,1-2H3. The van der Waals surface area contributed by atoms with Crippen LogP contribution in [0.1, 0.15) is 39.0 Å². The summed E-state index contributed by atoms with van der Waals surface area (Å²) in [5.74, 6) is -2.73. The van der Waals surface area contributed by atoms with Gasteiger partial charge in [0, 0.05) is 0 Å². The van der Waals surface area contributed by atoms with E-state index in [2.05, 4.69) is 9.72 Å². The number of carbonyl (C=O) groups is 2. The number of benzene rings is 2. The van der Waals surface area contributed by atoms with Gasteiger partial charge in [-0.15, -0.1) is 0 Å². The molecule has 3 aromatic rings. The lowest BCUT2D eigenvalue weighted by Crippen LogP contribution is -2.24. The fourth-order valence-electron chi connectivity index (χ4n) is 3.02. The number of rotatable bonds is 9. The molecule has 0 aliphatic rings. The zero-order valence-electron chi connectivity index (χ0n) is 17.7. The maximum Gasteiger partial charge on any atom is 0.416 e. The first kappa shape index (κ1) is 24.0. The molecule has 2 aromatic carbocycles. The maximum atomic E-state index is 13.1. The smallest absolute Gasteiger partial charge is 0.416 e. The first-order chi connectivity index (χ1) is 15.7. The zero-order valence-corrected chi connectivity index (χ0v) is 17.7. The van der Waals surface area contributed by atoms with E-state index in [1.807, 2.05) is 12.1 Å². The van der Waals surface area contributed by atoms with Crippen molar-refractivity contribution in [3.8, 4) is 5.75 Å². The molecule has 0 saturated carbocycles. The highest BCUT2D eigenvalue weighted by molar-refractivity contribution is 6.11. The molecule has 10 heteroatoms. The van der Waals surface area contributed by atoms with E-state index in [9.17, 15) is 22.8 Å². The van der Waals surface area contributed by atoms with Gasteiger partial charge in [-0.3, -0.25) is 9.59 Å². The summed E-state index contributed by atoms with van der Waals surface area (Å²) < 4.78 is 59.7. The molecule has 0 fully saturated rings. The van der Waals surface area contributed by atoms with E-state index in [0.29, 0.717) is 5.75 Å². The first-order valence-corrected chi connectivity index (χ1v) is 9.67. The molecule has 1 heterocycles. The lowest BCUT2D eigenvalue weighted by Gasteiger charge is -2.15. The molecule has 0 aliphatic carbocycles. The summed E-state index contributed by atoms with van der Waals surface area (Å²) in [5, 5.41) is 0. The molecule has 1 unspecified atom stereocenters. The van der Waals surface area contributed by atoms with Crippen molar-refractivity contribution in [2.24, 2.45) is 0 Å². The summed E-state index contributed by atoms with van der Waals surface area (Å²) in [6, 6.07) is 11.1. The van der Waals surface area contributed by atoms with Crippen molar-refractivity contribution in [3.63, 3.8) is 0 Å². The molecule has 0 bridgehead atoms. The van der Waals surface area contributed by atoms with Gasteiger partial charge in [0.05, 0.1) is 26.4 Å². The number of Topliss-reactive ketones (excluding diaryl/α,β-unsaturated/α-hetero) is 1. The number of nitrogens with zero attached hydrogens (tertiary/aromatic N) is 1. The van der Waals surface area contributed by atoms with Crippen LogP contribution in [0.3, 0.4) is 0 Å². The molecule has 33 heavy (non-hydrogen) atoms. The molecule has 0 spiro atoms. The Balaban J connectivity index is 1.72. The molecule has 174 valence electrons. The second-order valence-electron chi connectivity index (χ2n) is 6.91. The van der Waals surface area contributed by atoms with Crippen molar-refractivity contribution in [2.75, 3.05) is 14.2 Å². The molecule has 0 N–H and O–H groups in total. The predicted molar refractivity (Wildman–Crippen MR) is 109 cm³/mol. The van der Waals surface area contributed by atoms with Gasteiger partial charge in [-0.2, -0.15) is 13.2 Å². The third-order valence-electron chi connectivity index (χ3n) is 4.70. The monoisotopic (exact) mass is 463 g/mol. The van der Waals surface area contributed by atoms with Gasteiger partial charge in [0.25, 0.3) is 0 Å². The topological polar surface area (TPSA) is 87.9 Å². The van der Waals surface area contributed by atoms with Crippen LogP contribution in [0.2, 0.25) is 0 Å². The molecule has 3 rings (SSSR count). The Morgan fingerprint density at radius 3 is 2.42 bits per heavy atom. The fourth-order valence-corrected chi connectivity index (χ4v) is 3.02. The minimum atomic E-state index is -4.64. The van der Waals surface area contributed by atoms with Gasteiger partial charge in [0.15, 0.2) is 0 Å². The molecule has 1 atom stereocenters. The van der Waals surface area contributed by atoms with E-state index in [1.54, 1.807) is 19.2 Å². The summed E-state index contributed by atoms with van der Waals surface area (Å²) in [7, 11) is 2.60. The van der Waals surface area contributed by atoms with Crippen molar-refractivity contribution in [1.82, 2.24) is 4.98 Å². The Kier molecular flexibility index (Phi) is 7.49. The average molecular weight is 463 g/mol. The quantitative estimate of drug-likeness (QED) is 0.261. The van der Waals surface area contributed by atoms with E-state index >= 15 is 0 Å². The van der Waals surface area contributed by atoms with Crippen LogP contribution in [-0.2, 0) is 33.7 Å². The number of esters is 1. The number of aromatic nitrogens is 1. The second-order valence-corrected chi connectivity index (χ2v) is 6.91. The fraction of sp³-hybridized carbons (Fsp3) is 0.261. The van der Waals surface area contributed by atoms with Gasteiger partial charge in [-0.05, 0) is 29.3 Å². The Morgan fingerprint density at radius 1 is 1.06 bits per heavy atom. The molecule has 0 amide bonds. The number of halogens is 3. The van der Waals surface area contributed by atoms with Crippen LogP contribution in [0, 0.1) is 0 Å². The van der Waals surface area contributed by atoms with Crippen molar-refractivity contribution in [1.29, 1.82) is 0 Å². The molecule has 1 aromatic heterocycles. The van der Waals surface area contributed by atoms with Crippen molar-refractivity contribution >= 4 is 11.8 Å². The van der Waals surface area contributed by atoms with E-state index < -0.39 is 29.4 Å². The lowest BCUT2D eigenvalue weighted by molar-refractivity contribution is -0.141. The number of hydrogen-bond donors (Lipinski definition) is 0.